The van der Waals surface area contributed by atoms with Gasteiger partial charge < -0.3 is 5.32 Å². The molecule has 0 aromatic carbocycles. The van der Waals surface area contributed by atoms with Crippen LogP contribution in [0.1, 0.15) is 20.8 Å². The van der Waals surface area contributed by atoms with E-state index in [2.05, 4.69) is 10.4 Å². The molecule has 0 saturated carbocycles. The molecule has 0 saturated heterocycles. The molecule has 0 unspecified atom stereocenters. The first kappa shape index (κ1) is 15.1. The van der Waals surface area contributed by atoms with Gasteiger partial charge in [0.15, 0.2) is 0 Å². The molecule has 0 radical (unpaired) electrons. The smallest absolute Gasteiger partial charge is 0.312 e. The van der Waals surface area contributed by atoms with Gasteiger partial charge in [-0.2, -0.15) is 4.59 Å². The molecule has 1 aliphatic rings. The minimum atomic E-state index is -0.117. The van der Waals surface area contributed by atoms with Crippen molar-refractivity contribution in [2.45, 2.75) is 20.8 Å². The largest absolute Gasteiger partial charge is 0.321 e. The zero-order chi connectivity index (χ0) is 14.5. The van der Waals surface area contributed by atoms with Crippen LogP contribution in [-0.4, -0.2) is 30.8 Å². The van der Waals surface area contributed by atoms with Crippen LogP contribution < -0.4 is 5.32 Å². The van der Waals surface area contributed by atoms with E-state index in [4.69, 9.17) is 0 Å². The van der Waals surface area contributed by atoms with Crippen molar-refractivity contribution in [2.75, 3.05) is 14.1 Å². The van der Waals surface area contributed by atoms with Crippen LogP contribution >= 0.6 is 0 Å². The second kappa shape index (κ2) is 6.29. The number of quaternary nitrogens is 1. The Kier molecular flexibility index (Phi) is 5.01. The number of amides is 1. The normalized spacial score (nSPS) is 18.9. The van der Waals surface area contributed by atoms with Crippen LogP contribution in [0.25, 0.3) is 0 Å². The molecule has 1 aliphatic heterocycles. The van der Waals surface area contributed by atoms with Crippen molar-refractivity contribution in [1.29, 1.82) is 0 Å². The van der Waals surface area contributed by atoms with Gasteiger partial charge in [-0.25, -0.2) is 0 Å². The first-order chi connectivity index (χ1) is 8.86. The van der Waals surface area contributed by atoms with E-state index in [1.807, 2.05) is 59.2 Å². The van der Waals surface area contributed by atoms with Crippen LogP contribution in [0.3, 0.4) is 0 Å². The Hall–Kier alpha value is -1.94. The number of hydrogen-bond donors (Lipinski definition) is 1. The summed E-state index contributed by atoms with van der Waals surface area (Å²) in [5.41, 5.74) is 2.57. The van der Waals surface area contributed by atoms with Crippen molar-refractivity contribution in [1.82, 2.24) is 5.32 Å². The number of carbonyl (C=O) groups excluding carboxylic acids is 1. The number of nitrogens with one attached hydrogen (secondary N) is 1. The van der Waals surface area contributed by atoms with Gasteiger partial charge in [0.2, 0.25) is 5.70 Å². The van der Waals surface area contributed by atoms with E-state index in [9.17, 15) is 4.79 Å². The van der Waals surface area contributed by atoms with Crippen molar-refractivity contribution in [2.24, 2.45) is 5.10 Å². The summed E-state index contributed by atoms with van der Waals surface area (Å²) in [7, 11) is 3.73. The number of rotatable bonds is 4. The molecule has 0 aromatic rings. The second-order valence-electron chi connectivity index (χ2n) is 4.93. The van der Waals surface area contributed by atoms with E-state index >= 15 is 0 Å². The Balaban J connectivity index is 2.68. The SMILES string of the molecule is C/C=C/C(C)=C\C=C(/C)NC(=O)C1=CC=N[N+]1(C)C. The average Bonchev–Trinajstić information content (AvgIpc) is 2.66. The molecule has 0 spiro atoms. The summed E-state index contributed by atoms with van der Waals surface area (Å²) in [6, 6.07) is 0. The Morgan fingerprint density at radius 3 is 2.53 bits per heavy atom. The van der Waals surface area contributed by atoms with Crippen molar-refractivity contribution in [3.05, 3.63) is 47.3 Å². The minimum absolute atomic E-state index is 0.117. The van der Waals surface area contributed by atoms with Crippen molar-refractivity contribution >= 4 is 12.1 Å². The fourth-order valence-electron chi connectivity index (χ4n) is 1.70. The lowest BCUT2D eigenvalue weighted by Crippen LogP contribution is -2.38. The molecule has 0 fully saturated rings. The molecular formula is C15H22N3O+. The molecule has 19 heavy (non-hydrogen) atoms. The highest BCUT2D eigenvalue weighted by Crippen LogP contribution is 2.16. The molecule has 0 aliphatic carbocycles. The van der Waals surface area contributed by atoms with Crippen molar-refractivity contribution in [3.63, 3.8) is 0 Å². The highest BCUT2D eigenvalue weighted by molar-refractivity contribution is 5.97. The van der Waals surface area contributed by atoms with Crippen LogP contribution in [0.4, 0.5) is 0 Å². The summed E-state index contributed by atoms with van der Waals surface area (Å²) >= 11 is 0. The van der Waals surface area contributed by atoms with E-state index in [1.165, 1.54) is 0 Å². The highest BCUT2D eigenvalue weighted by Gasteiger charge is 2.31. The number of likely N-dealkylation sites (N-methyl/N-ethyl adjacent to an activating group) is 1. The lowest BCUT2D eigenvalue weighted by atomic mass is 10.2. The van der Waals surface area contributed by atoms with E-state index in [1.54, 1.807) is 12.3 Å². The first-order valence-corrected chi connectivity index (χ1v) is 6.26. The standard InChI is InChI=1S/C15H21N3O/c1-6-7-12(2)8-9-13(3)17-15(19)14-10-11-16-18(14,4)5/h6-11H,1-5H3/p+1/b7-6+,12-8-,13-9+. The fraction of sp³-hybridized carbons (Fsp3) is 0.333. The summed E-state index contributed by atoms with van der Waals surface area (Å²) in [6.07, 6.45) is 11.2. The van der Waals surface area contributed by atoms with Gasteiger partial charge in [0.05, 0.1) is 20.3 Å². The van der Waals surface area contributed by atoms with Gasteiger partial charge in [-0.15, -0.1) is 0 Å². The maximum atomic E-state index is 12.1. The van der Waals surface area contributed by atoms with E-state index in [0.717, 1.165) is 11.3 Å². The van der Waals surface area contributed by atoms with Crippen LogP contribution in [0.15, 0.2) is 52.4 Å². The van der Waals surface area contributed by atoms with Crippen LogP contribution in [-0.2, 0) is 4.79 Å². The third-order valence-corrected chi connectivity index (χ3v) is 2.75. The molecule has 4 nitrogen and oxygen atoms in total. The number of allylic oxidation sites excluding steroid dienone is 7. The molecule has 1 heterocycles. The van der Waals surface area contributed by atoms with Crippen LogP contribution in [0.5, 0.6) is 0 Å². The topological polar surface area (TPSA) is 41.5 Å². The number of hydrogen-bond acceptors (Lipinski definition) is 2. The maximum absolute atomic E-state index is 12.1. The Labute approximate surface area is 115 Å². The summed E-state index contributed by atoms with van der Waals surface area (Å²) in [5, 5.41) is 7.06. The fourth-order valence-corrected chi connectivity index (χ4v) is 1.70. The molecule has 102 valence electrons. The molecule has 1 amide bonds. The molecule has 4 heteroatoms. The Bertz CT molecular complexity index is 505. The monoisotopic (exact) mass is 260 g/mol. The average molecular weight is 260 g/mol. The van der Waals surface area contributed by atoms with E-state index in [-0.39, 0.29) is 10.5 Å². The Morgan fingerprint density at radius 2 is 2.00 bits per heavy atom. The van der Waals surface area contributed by atoms with Crippen LogP contribution in [0, 0.1) is 0 Å². The summed E-state index contributed by atoms with van der Waals surface area (Å²) in [5.74, 6) is -0.117. The van der Waals surface area contributed by atoms with Gasteiger partial charge in [0.1, 0.15) is 0 Å². The Morgan fingerprint density at radius 1 is 1.32 bits per heavy atom. The third-order valence-electron chi connectivity index (χ3n) is 2.75. The van der Waals surface area contributed by atoms with Crippen molar-refractivity contribution < 1.29 is 9.39 Å². The van der Waals surface area contributed by atoms with E-state index in [0.29, 0.717) is 5.70 Å². The number of carbonyl (C=O) groups is 1. The quantitative estimate of drug-likeness (QED) is 0.612. The molecule has 1 N–H and O–H groups in total. The second-order valence-corrected chi connectivity index (χ2v) is 4.93. The van der Waals surface area contributed by atoms with Gasteiger partial charge >= 0.3 is 5.91 Å². The van der Waals surface area contributed by atoms with Gasteiger partial charge in [0, 0.05) is 11.8 Å². The highest BCUT2D eigenvalue weighted by atomic mass is 16.2. The van der Waals surface area contributed by atoms with Gasteiger partial charge in [-0.1, -0.05) is 28.9 Å². The van der Waals surface area contributed by atoms with Crippen LogP contribution in [0.2, 0.25) is 0 Å². The number of nitrogens with zero attached hydrogens (tertiary/aromatic N) is 2. The first-order valence-electron chi connectivity index (χ1n) is 6.26. The lowest BCUT2D eigenvalue weighted by molar-refractivity contribution is -0.851. The predicted molar refractivity (Wildman–Crippen MR) is 79.2 cm³/mol. The molecule has 0 atom stereocenters. The zero-order valence-corrected chi connectivity index (χ0v) is 12.3. The summed E-state index contributed by atoms with van der Waals surface area (Å²) in [4.78, 5) is 12.1. The van der Waals surface area contributed by atoms with Gasteiger partial charge in [0.25, 0.3) is 0 Å². The van der Waals surface area contributed by atoms with Crippen molar-refractivity contribution in [3.8, 4) is 0 Å². The predicted octanol–water partition coefficient (Wildman–Crippen LogP) is 2.49. The molecule has 1 rings (SSSR count). The van der Waals surface area contributed by atoms with E-state index < -0.39 is 0 Å². The third kappa shape index (κ3) is 4.34. The van der Waals surface area contributed by atoms with Gasteiger partial charge in [-0.3, -0.25) is 4.79 Å². The molecule has 0 aromatic heterocycles. The lowest BCUT2D eigenvalue weighted by Gasteiger charge is -2.19. The van der Waals surface area contributed by atoms with Gasteiger partial charge in [-0.05, 0) is 26.8 Å². The summed E-state index contributed by atoms with van der Waals surface area (Å²) < 4.78 is 0.229. The summed E-state index contributed by atoms with van der Waals surface area (Å²) in [6.45, 7) is 5.86. The zero-order valence-electron chi connectivity index (χ0n) is 12.3. The molecular weight excluding hydrogens is 238 g/mol. The maximum Gasteiger partial charge on any atom is 0.312 e. The molecule has 0 bridgehead atoms. The minimum Gasteiger partial charge on any atom is -0.321 e.